The van der Waals surface area contributed by atoms with E-state index in [4.69, 9.17) is 9.47 Å². The molecule has 6 nitrogen and oxygen atoms in total. The molecule has 6 heteroatoms. The van der Waals surface area contributed by atoms with Gasteiger partial charge in [-0.25, -0.2) is 4.79 Å². The van der Waals surface area contributed by atoms with Gasteiger partial charge in [0.15, 0.2) is 0 Å². The molecule has 1 aliphatic heterocycles. The molecule has 2 aromatic carbocycles. The summed E-state index contributed by atoms with van der Waals surface area (Å²) >= 11 is 0. The third-order valence-electron chi connectivity index (χ3n) is 4.46. The highest BCUT2D eigenvalue weighted by atomic mass is 16.6. The van der Waals surface area contributed by atoms with Gasteiger partial charge in [-0.3, -0.25) is 4.79 Å². The first-order valence-corrected chi connectivity index (χ1v) is 9.28. The maximum absolute atomic E-state index is 13.1. The third-order valence-corrected chi connectivity index (χ3v) is 4.46. The van der Waals surface area contributed by atoms with E-state index < -0.39 is 17.7 Å². The number of anilines is 1. The molecule has 148 valence electrons. The van der Waals surface area contributed by atoms with Crippen molar-refractivity contribution in [3.8, 4) is 5.75 Å². The lowest BCUT2D eigenvalue weighted by atomic mass is 9.96. The summed E-state index contributed by atoms with van der Waals surface area (Å²) in [5, 5.41) is 2.73. The zero-order valence-corrected chi connectivity index (χ0v) is 16.7. The Bertz CT molecular complexity index is 856. The molecule has 1 atom stereocenters. The van der Waals surface area contributed by atoms with Crippen LogP contribution in [0.3, 0.4) is 0 Å². The number of carbonyl (C=O) groups is 2. The third kappa shape index (κ3) is 4.63. The minimum Gasteiger partial charge on any atom is -0.497 e. The lowest BCUT2D eigenvalue weighted by Crippen LogP contribution is -2.53. The van der Waals surface area contributed by atoms with Crippen molar-refractivity contribution < 1.29 is 19.1 Å². The fourth-order valence-electron chi connectivity index (χ4n) is 3.20. The van der Waals surface area contributed by atoms with Gasteiger partial charge in [0.05, 0.1) is 13.7 Å². The Labute approximate surface area is 165 Å². The molecule has 28 heavy (non-hydrogen) atoms. The quantitative estimate of drug-likeness (QED) is 0.876. The van der Waals surface area contributed by atoms with Crippen molar-refractivity contribution in [2.45, 2.75) is 45.4 Å². The van der Waals surface area contributed by atoms with Gasteiger partial charge in [0.2, 0.25) is 5.91 Å². The number of alkyl carbamates (subject to hydrolysis) is 1. The molecular weight excluding hydrogens is 356 g/mol. The Balaban J connectivity index is 1.83. The first kappa shape index (κ1) is 19.7. The zero-order valence-electron chi connectivity index (χ0n) is 16.7. The topological polar surface area (TPSA) is 67.9 Å². The molecule has 1 heterocycles. The number of methoxy groups -OCH3 is 1. The molecule has 2 amide bonds. The molecule has 2 aromatic rings. The van der Waals surface area contributed by atoms with Crippen molar-refractivity contribution in [2.24, 2.45) is 0 Å². The number of fused-ring (bicyclic) bond motifs is 1. The summed E-state index contributed by atoms with van der Waals surface area (Å²) in [6.45, 7) is 5.79. The van der Waals surface area contributed by atoms with Gasteiger partial charge in [-0.05, 0) is 50.1 Å². The lowest BCUT2D eigenvalue weighted by molar-refractivity contribution is -0.121. The molecule has 0 fully saturated rings. The molecule has 1 aliphatic rings. The van der Waals surface area contributed by atoms with Gasteiger partial charge in [-0.15, -0.1) is 0 Å². The van der Waals surface area contributed by atoms with Crippen LogP contribution >= 0.6 is 0 Å². The van der Waals surface area contributed by atoms with Crippen molar-refractivity contribution in [3.63, 3.8) is 0 Å². The van der Waals surface area contributed by atoms with Crippen LogP contribution in [0, 0.1) is 0 Å². The van der Waals surface area contributed by atoms with Crippen molar-refractivity contribution in [1.29, 1.82) is 0 Å². The van der Waals surface area contributed by atoms with Crippen LogP contribution in [0.4, 0.5) is 10.5 Å². The molecule has 3 rings (SSSR count). The van der Waals surface area contributed by atoms with Crippen LogP contribution < -0.4 is 15.0 Å². The van der Waals surface area contributed by atoms with Crippen LogP contribution in [-0.4, -0.2) is 30.8 Å². The number of benzene rings is 2. The van der Waals surface area contributed by atoms with Crippen LogP contribution in [0.15, 0.2) is 48.5 Å². The van der Waals surface area contributed by atoms with Gasteiger partial charge in [-0.2, -0.15) is 0 Å². The molecule has 0 unspecified atom stereocenters. The fourth-order valence-corrected chi connectivity index (χ4v) is 3.20. The van der Waals surface area contributed by atoms with E-state index in [0.717, 1.165) is 22.6 Å². The highest BCUT2D eigenvalue weighted by Crippen LogP contribution is 2.29. The average molecular weight is 382 g/mol. The van der Waals surface area contributed by atoms with E-state index in [1.807, 2.05) is 48.5 Å². The van der Waals surface area contributed by atoms with Gasteiger partial charge >= 0.3 is 6.09 Å². The Morgan fingerprint density at radius 2 is 1.82 bits per heavy atom. The normalized spacial score (nSPS) is 16.4. The number of hydrogen-bond donors (Lipinski definition) is 1. The molecule has 0 saturated heterocycles. The van der Waals surface area contributed by atoms with Crippen molar-refractivity contribution >= 4 is 17.7 Å². The number of hydrogen-bond acceptors (Lipinski definition) is 4. The van der Waals surface area contributed by atoms with Crippen LogP contribution in [-0.2, 0) is 22.5 Å². The van der Waals surface area contributed by atoms with Crippen LogP contribution in [0.5, 0.6) is 5.75 Å². The summed E-state index contributed by atoms with van der Waals surface area (Å²) in [6, 6.07) is 14.7. The predicted molar refractivity (Wildman–Crippen MR) is 107 cm³/mol. The fraction of sp³-hybridized carbons (Fsp3) is 0.364. The largest absolute Gasteiger partial charge is 0.497 e. The molecule has 0 bridgehead atoms. The summed E-state index contributed by atoms with van der Waals surface area (Å²) in [5.74, 6) is 0.610. The van der Waals surface area contributed by atoms with Gasteiger partial charge in [0.1, 0.15) is 17.4 Å². The summed E-state index contributed by atoms with van der Waals surface area (Å²) in [7, 11) is 1.62. The van der Waals surface area contributed by atoms with E-state index in [1.165, 1.54) is 0 Å². The van der Waals surface area contributed by atoms with E-state index in [1.54, 1.807) is 32.8 Å². The van der Waals surface area contributed by atoms with E-state index in [0.29, 0.717) is 13.0 Å². The Morgan fingerprint density at radius 1 is 1.14 bits per heavy atom. The van der Waals surface area contributed by atoms with Crippen molar-refractivity contribution in [2.75, 3.05) is 12.0 Å². The Morgan fingerprint density at radius 3 is 2.46 bits per heavy atom. The Kier molecular flexibility index (Phi) is 5.58. The summed E-state index contributed by atoms with van der Waals surface area (Å²) in [5.41, 5.74) is 2.23. The van der Waals surface area contributed by atoms with Gasteiger partial charge in [-0.1, -0.05) is 30.3 Å². The molecule has 0 spiro atoms. The van der Waals surface area contributed by atoms with Crippen molar-refractivity contribution in [3.05, 3.63) is 59.7 Å². The second-order valence-electron chi connectivity index (χ2n) is 7.80. The van der Waals surface area contributed by atoms with Gasteiger partial charge < -0.3 is 19.7 Å². The zero-order chi connectivity index (χ0) is 20.3. The molecule has 0 aromatic heterocycles. The molecule has 0 aliphatic carbocycles. The second kappa shape index (κ2) is 7.92. The van der Waals surface area contributed by atoms with E-state index >= 15 is 0 Å². The van der Waals surface area contributed by atoms with Gasteiger partial charge in [0, 0.05) is 12.1 Å². The van der Waals surface area contributed by atoms with Crippen LogP contribution in [0.2, 0.25) is 0 Å². The predicted octanol–water partition coefficient (Wildman–Crippen LogP) is 3.68. The number of amides is 2. The smallest absolute Gasteiger partial charge is 0.408 e. The number of nitrogens with one attached hydrogen (secondary N) is 1. The summed E-state index contributed by atoms with van der Waals surface area (Å²) < 4.78 is 10.5. The number of carbonyl (C=O) groups excluding carboxylic acids is 2. The molecule has 1 N–H and O–H groups in total. The highest BCUT2D eigenvalue weighted by molar-refractivity contribution is 6.01. The average Bonchev–Trinajstić information content (AvgIpc) is 2.64. The maximum atomic E-state index is 13.1. The standard InChI is InChI=1S/C22H26N2O4/c1-22(2,3)28-21(26)23-18-13-16-7-5-6-8-19(16)24(20(18)25)14-15-9-11-17(27-4)12-10-15/h5-12,18H,13-14H2,1-4H3,(H,23,26)/t18-/m0/s1. The van der Waals surface area contributed by atoms with Crippen molar-refractivity contribution in [1.82, 2.24) is 5.32 Å². The monoisotopic (exact) mass is 382 g/mol. The minimum atomic E-state index is -0.664. The first-order chi connectivity index (χ1) is 13.3. The minimum absolute atomic E-state index is 0.152. The number of ether oxygens (including phenoxy) is 2. The van der Waals surface area contributed by atoms with E-state index in [-0.39, 0.29) is 5.91 Å². The molecular formula is C22H26N2O4. The SMILES string of the molecule is COc1ccc(CN2C(=O)[C@@H](NC(=O)OC(C)(C)C)Cc3ccccc32)cc1. The first-order valence-electron chi connectivity index (χ1n) is 9.28. The van der Waals surface area contributed by atoms with Gasteiger partial charge in [0.25, 0.3) is 0 Å². The summed E-state index contributed by atoms with van der Waals surface area (Å²) in [6.07, 6.45) is -0.150. The summed E-state index contributed by atoms with van der Waals surface area (Å²) in [4.78, 5) is 27.1. The molecule has 0 radical (unpaired) electrons. The van der Waals surface area contributed by atoms with E-state index in [2.05, 4.69) is 5.32 Å². The highest BCUT2D eigenvalue weighted by Gasteiger charge is 2.34. The number of para-hydroxylation sites is 1. The second-order valence-corrected chi connectivity index (χ2v) is 7.80. The molecule has 0 saturated carbocycles. The number of nitrogens with zero attached hydrogens (tertiary/aromatic N) is 1. The number of rotatable bonds is 4. The van der Waals surface area contributed by atoms with Crippen LogP contribution in [0.1, 0.15) is 31.9 Å². The Hall–Kier alpha value is -3.02. The van der Waals surface area contributed by atoms with E-state index in [9.17, 15) is 9.59 Å². The van der Waals surface area contributed by atoms with Crippen LogP contribution in [0.25, 0.3) is 0 Å². The lowest BCUT2D eigenvalue weighted by Gasteiger charge is -2.35. The maximum Gasteiger partial charge on any atom is 0.408 e.